The molecule has 0 fully saturated rings. The van der Waals surface area contributed by atoms with Gasteiger partial charge in [-0.15, -0.1) is 11.3 Å². The van der Waals surface area contributed by atoms with Gasteiger partial charge >= 0.3 is 5.97 Å². The standard InChI is InChI=1S/C15H14ClNO2S/c16-12-4-2-1-3-10(12)15-11-6-8-20-13(11)5-7-17(15)9-14(18)19/h1-4,6,8,15H,5,7,9H2,(H,18,19). The Morgan fingerprint density at radius 2 is 2.15 bits per heavy atom. The van der Waals surface area contributed by atoms with E-state index in [-0.39, 0.29) is 12.6 Å². The minimum Gasteiger partial charge on any atom is -0.480 e. The van der Waals surface area contributed by atoms with E-state index in [0.717, 1.165) is 18.5 Å². The molecule has 0 bridgehead atoms. The largest absolute Gasteiger partial charge is 0.480 e. The fraction of sp³-hybridized carbons (Fsp3) is 0.267. The second kappa shape index (κ2) is 5.56. The van der Waals surface area contributed by atoms with Crippen LogP contribution in [0, 0.1) is 0 Å². The van der Waals surface area contributed by atoms with Gasteiger partial charge in [-0.3, -0.25) is 9.69 Å². The molecule has 0 radical (unpaired) electrons. The van der Waals surface area contributed by atoms with Crippen LogP contribution in [0.3, 0.4) is 0 Å². The molecule has 2 heterocycles. The number of carbonyl (C=O) groups is 1. The topological polar surface area (TPSA) is 40.5 Å². The fourth-order valence-electron chi connectivity index (χ4n) is 2.77. The number of hydrogen-bond donors (Lipinski definition) is 1. The second-order valence-electron chi connectivity index (χ2n) is 4.84. The van der Waals surface area contributed by atoms with E-state index in [4.69, 9.17) is 16.7 Å². The summed E-state index contributed by atoms with van der Waals surface area (Å²) >= 11 is 8.06. The maximum absolute atomic E-state index is 11.1. The maximum atomic E-state index is 11.1. The van der Waals surface area contributed by atoms with Gasteiger partial charge in [0.2, 0.25) is 0 Å². The number of benzene rings is 1. The molecule has 1 unspecified atom stereocenters. The summed E-state index contributed by atoms with van der Waals surface area (Å²) in [6.45, 7) is 0.779. The highest BCUT2D eigenvalue weighted by Gasteiger charge is 2.31. The Morgan fingerprint density at radius 3 is 2.90 bits per heavy atom. The summed E-state index contributed by atoms with van der Waals surface area (Å²) in [6.07, 6.45) is 0.904. The van der Waals surface area contributed by atoms with Gasteiger partial charge in [0.15, 0.2) is 0 Å². The summed E-state index contributed by atoms with van der Waals surface area (Å²) in [6, 6.07) is 9.70. The molecule has 0 spiro atoms. The highest BCUT2D eigenvalue weighted by Crippen LogP contribution is 2.39. The quantitative estimate of drug-likeness (QED) is 0.944. The van der Waals surface area contributed by atoms with Crippen LogP contribution < -0.4 is 0 Å². The molecule has 0 aliphatic carbocycles. The average Bonchev–Trinajstić information content (AvgIpc) is 2.87. The van der Waals surface area contributed by atoms with Gasteiger partial charge in [-0.2, -0.15) is 0 Å². The van der Waals surface area contributed by atoms with Crippen LogP contribution in [0.25, 0.3) is 0 Å². The zero-order chi connectivity index (χ0) is 14.1. The zero-order valence-electron chi connectivity index (χ0n) is 10.8. The lowest BCUT2D eigenvalue weighted by Gasteiger charge is -2.35. The van der Waals surface area contributed by atoms with Crippen molar-refractivity contribution in [3.05, 3.63) is 56.7 Å². The molecule has 1 N–H and O–H groups in total. The summed E-state index contributed by atoms with van der Waals surface area (Å²) in [5, 5.41) is 11.9. The van der Waals surface area contributed by atoms with Crippen molar-refractivity contribution >= 4 is 28.9 Å². The van der Waals surface area contributed by atoms with Crippen LogP contribution in [-0.4, -0.2) is 29.1 Å². The number of aliphatic carboxylic acids is 1. The average molecular weight is 308 g/mol. The number of nitrogens with zero attached hydrogens (tertiary/aromatic N) is 1. The first-order valence-corrected chi connectivity index (χ1v) is 7.69. The Hall–Kier alpha value is -1.36. The Kier molecular flexibility index (Phi) is 3.78. The number of rotatable bonds is 3. The molecule has 0 amide bonds. The minimum absolute atomic E-state index is 0.0329. The Morgan fingerprint density at radius 1 is 1.35 bits per heavy atom. The smallest absolute Gasteiger partial charge is 0.317 e. The van der Waals surface area contributed by atoms with E-state index in [1.54, 1.807) is 11.3 Å². The highest BCUT2D eigenvalue weighted by atomic mass is 35.5. The molecule has 20 heavy (non-hydrogen) atoms. The number of carboxylic acid groups (broad SMARTS) is 1. The SMILES string of the molecule is O=C(O)CN1CCc2sccc2C1c1ccccc1Cl. The number of carboxylic acids is 1. The van der Waals surface area contributed by atoms with Crippen molar-refractivity contribution in [2.24, 2.45) is 0 Å². The van der Waals surface area contributed by atoms with Crippen LogP contribution >= 0.6 is 22.9 Å². The van der Waals surface area contributed by atoms with Crippen LogP contribution in [0.1, 0.15) is 22.0 Å². The molecule has 1 aromatic carbocycles. The van der Waals surface area contributed by atoms with Gasteiger partial charge in [-0.05, 0) is 35.1 Å². The molecule has 0 saturated heterocycles. The first-order chi connectivity index (χ1) is 9.66. The van der Waals surface area contributed by atoms with E-state index >= 15 is 0 Å². The van der Waals surface area contributed by atoms with Crippen molar-refractivity contribution in [1.82, 2.24) is 4.90 Å². The first-order valence-electron chi connectivity index (χ1n) is 6.43. The minimum atomic E-state index is -0.805. The Bertz CT molecular complexity index is 640. The summed E-state index contributed by atoms with van der Waals surface area (Å²) < 4.78 is 0. The normalized spacial score (nSPS) is 18.8. The molecule has 0 saturated carbocycles. The van der Waals surface area contributed by atoms with Crippen LogP contribution in [0.2, 0.25) is 5.02 Å². The Balaban J connectivity index is 2.07. The van der Waals surface area contributed by atoms with Crippen molar-refractivity contribution < 1.29 is 9.90 Å². The van der Waals surface area contributed by atoms with E-state index in [0.29, 0.717) is 5.02 Å². The maximum Gasteiger partial charge on any atom is 0.317 e. The molecular formula is C15H14ClNO2S. The van der Waals surface area contributed by atoms with Gasteiger partial charge in [0.1, 0.15) is 0 Å². The predicted molar refractivity (Wildman–Crippen MR) is 80.5 cm³/mol. The van der Waals surface area contributed by atoms with E-state index in [9.17, 15) is 4.79 Å². The molecular weight excluding hydrogens is 294 g/mol. The van der Waals surface area contributed by atoms with Gasteiger partial charge in [0, 0.05) is 16.4 Å². The lowest BCUT2D eigenvalue weighted by molar-refractivity contribution is -0.138. The van der Waals surface area contributed by atoms with Gasteiger partial charge < -0.3 is 5.11 Å². The number of halogens is 1. The molecule has 2 aromatic rings. The third kappa shape index (κ3) is 2.46. The third-order valence-electron chi connectivity index (χ3n) is 3.60. The molecule has 5 heteroatoms. The van der Waals surface area contributed by atoms with Gasteiger partial charge in [0.05, 0.1) is 12.6 Å². The summed E-state index contributed by atoms with van der Waals surface area (Å²) in [7, 11) is 0. The molecule has 3 nitrogen and oxygen atoms in total. The number of hydrogen-bond acceptors (Lipinski definition) is 3. The molecule has 1 aromatic heterocycles. The zero-order valence-corrected chi connectivity index (χ0v) is 12.3. The van der Waals surface area contributed by atoms with Crippen LogP contribution in [0.5, 0.6) is 0 Å². The van der Waals surface area contributed by atoms with Crippen molar-refractivity contribution in [2.45, 2.75) is 12.5 Å². The molecule has 1 atom stereocenters. The van der Waals surface area contributed by atoms with Gasteiger partial charge in [-0.1, -0.05) is 29.8 Å². The molecule has 1 aliphatic rings. The molecule has 1 aliphatic heterocycles. The summed E-state index contributed by atoms with van der Waals surface area (Å²) in [4.78, 5) is 14.4. The van der Waals surface area contributed by atoms with E-state index in [1.807, 2.05) is 29.2 Å². The lowest BCUT2D eigenvalue weighted by Crippen LogP contribution is -2.39. The van der Waals surface area contributed by atoms with E-state index < -0.39 is 5.97 Å². The van der Waals surface area contributed by atoms with Crippen LogP contribution in [0.4, 0.5) is 0 Å². The predicted octanol–water partition coefficient (Wildman–Crippen LogP) is 3.43. The fourth-order valence-corrected chi connectivity index (χ4v) is 3.92. The lowest BCUT2D eigenvalue weighted by atomic mass is 9.93. The third-order valence-corrected chi connectivity index (χ3v) is 4.94. The van der Waals surface area contributed by atoms with Crippen molar-refractivity contribution in [3.8, 4) is 0 Å². The molecule has 3 rings (SSSR count). The second-order valence-corrected chi connectivity index (χ2v) is 6.25. The summed E-state index contributed by atoms with van der Waals surface area (Å²) in [5.74, 6) is -0.805. The van der Waals surface area contributed by atoms with Gasteiger partial charge in [-0.25, -0.2) is 0 Å². The monoisotopic (exact) mass is 307 g/mol. The first kappa shape index (κ1) is 13.6. The van der Waals surface area contributed by atoms with Gasteiger partial charge in [0.25, 0.3) is 0 Å². The van der Waals surface area contributed by atoms with Crippen LogP contribution in [-0.2, 0) is 11.2 Å². The number of fused-ring (bicyclic) bond motifs is 1. The van der Waals surface area contributed by atoms with E-state index in [1.165, 1.54) is 10.4 Å². The van der Waals surface area contributed by atoms with E-state index in [2.05, 4.69) is 11.4 Å². The van der Waals surface area contributed by atoms with Crippen molar-refractivity contribution in [1.29, 1.82) is 0 Å². The van der Waals surface area contributed by atoms with Crippen molar-refractivity contribution in [2.75, 3.05) is 13.1 Å². The number of thiophene rings is 1. The molecule has 104 valence electrons. The highest BCUT2D eigenvalue weighted by molar-refractivity contribution is 7.10. The van der Waals surface area contributed by atoms with Crippen LogP contribution in [0.15, 0.2) is 35.7 Å². The Labute approximate surface area is 126 Å². The van der Waals surface area contributed by atoms with Crippen molar-refractivity contribution in [3.63, 3.8) is 0 Å². The summed E-state index contributed by atoms with van der Waals surface area (Å²) in [5.41, 5.74) is 2.17.